The highest BCUT2D eigenvalue weighted by atomic mass is 32.2. The van der Waals surface area contributed by atoms with Crippen LogP contribution in [0.1, 0.15) is 10.4 Å². The highest BCUT2D eigenvalue weighted by Gasteiger charge is 2.16. The SMILES string of the molecule is CNS(=O)(=O)CCNC(=O)c1ccc(N)c([N+](=O)[O-])c1. The van der Waals surface area contributed by atoms with Gasteiger partial charge in [-0.15, -0.1) is 0 Å². The molecule has 0 aliphatic carbocycles. The third kappa shape index (κ3) is 4.17. The molecule has 110 valence electrons. The predicted molar refractivity (Wildman–Crippen MR) is 72.7 cm³/mol. The van der Waals surface area contributed by atoms with Gasteiger partial charge in [0.1, 0.15) is 5.69 Å². The van der Waals surface area contributed by atoms with Gasteiger partial charge in [-0.2, -0.15) is 0 Å². The molecule has 0 saturated carbocycles. The van der Waals surface area contributed by atoms with Crippen molar-refractivity contribution in [3.8, 4) is 0 Å². The fraction of sp³-hybridized carbons (Fsp3) is 0.300. The largest absolute Gasteiger partial charge is 0.393 e. The second-order valence-electron chi connectivity index (χ2n) is 3.81. The lowest BCUT2D eigenvalue weighted by Crippen LogP contribution is -2.32. The number of nitrogens with one attached hydrogen (secondary N) is 2. The van der Waals surface area contributed by atoms with Crippen LogP contribution >= 0.6 is 0 Å². The molecule has 0 atom stereocenters. The number of nitro benzene ring substituents is 1. The molecule has 0 aliphatic rings. The smallest absolute Gasteiger partial charge is 0.292 e. The first kappa shape index (κ1) is 15.9. The number of benzene rings is 1. The van der Waals surface area contributed by atoms with Gasteiger partial charge in [-0.1, -0.05) is 0 Å². The summed E-state index contributed by atoms with van der Waals surface area (Å²) in [4.78, 5) is 21.7. The van der Waals surface area contributed by atoms with Gasteiger partial charge in [-0.25, -0.2) is 13.1 Å². The molecule has 0 radical (unpaired) electrons. The molecule has 20 heavy (non-hydrogen) atoms. The zero-order valence-electron chi connectivity index (χ0n) is 10.6. The number of sulfonamides is 1. The van der Waals surface area contributed by atoms with E-state index < -0.39 is 20.9 Å². The lowest BCUT2D eigenvalue weighted by Gasteiger charge is -2.06. The van der Waals surface area contributed by atoms with Crippen LogP contribution in [0, 0.1) is 10.1 Å². The molecule has 0 unspecified atom stereocenters. The van der Waals surface area contributed by atoms with Gasteiger partial charge >= 0.3 is 0 Å². The van der Waals surface area contributed by atoms with E-state index in [2.05, 4.69) is 10.0 Å². The molecule has 4 N–H and O–H groups in total. The van der Waals surface area contributed by atoms with Gasteiger partial charge in [0.15, 0.2) is 0 Å². The number of rotatable bonds is 6. The molecule has 1 aromatic carbocycles. The maximum atomic E-state index is 11.7. The van der Waals surface area contributed by atoms with Crippen LogP contribution in [-0.4, -0.2) is 38.6 Å². The van der Waals surface area contributed by atoms with Gasteiger partial charge in [0.2, 0.25) is 10.0 Å². The first-order valence-electron chi connectivity index (χ1n) is 5.50. The van der Waals surface area contributed by atoms with Gasteiger partial charge in [-0.3, -0.25) is 14.9 Å². The van der Waals surface area contributed by atoms with Crippen molar-refractivity contribution in [2.45, 2.75) is 0 Å². The molecule has 0 fully saturated rings. The molecule has 0 aromatic heterocycles. The van der Waals surface area contributed by atoms with Crippen LogP contribution < -0.4 is 15.8 Å². The zero-order chi connectivity index (χ0) is 15.3. The highest BCUT2D eigenvalue weighted by Crippen LogP contribution is 2.22. The van der Waals surface area contributed by atoms with Crippen molar-refractivity contribution in [2.75, 3.05) is 25.1 Å². The Kier molecular flexibility index (Phi) is 5.00. The third-order valence-electron chi connectivity index (χ3n) is 2.46. The number of amides is 1. The van der Waals surface area contributed by atoms with E-state index in [0.29, 0.717) is 0 Å². The molecule has 10 heteroatoms. The summed E-state index contributed by atoms with van der Waals surface area (Å²) in [6, 6.07) is 3.61. The van der Waals surface area contributed by atoms with Crippen molar-refractivity contribution >= 4 is 27.3 Å². The highest BCUT2D eigenvalue weighted by molar-refractivity contribution is 7.89. The van der Waals surface area contributed by atoms with Crippen LogP contribution in [0.25, 0.3) is 0 Å². The molecule has 1 amide bonds. The molecule has 9 nitrogen and oxygen atoms in total. The molecule has 0 aliphatic heterocycles. The van der Waals surface area contributed by atoms with Gasteiger partial charge < -0.3 is 11.1 Å². The Morgan fingerprint density at radius 2 is 2.10 bits per heavy atom. The molecule has 0 heterocycles. The summed E-state index contributed by atoms with van der Waals surface area (Å²) in [6.07, 6.45) is 0. The molecule has 0 spiro atoms. The van der Waals surface area contributed by atoms with E-state index in [4.69, 9.17) is 5.73 Å². The second kappa shape index (κ2) is 6.30. The van der Waals surface area contributed by atoms with Crippen molar-refractivity contribution in [3.63, 3.8) is 0 Å². The Morgan fingerprint density at radius 1 is 1.45 bits per heavy atom. The quantitative estimate of drug-likeness (QED) is 0.365. The second-order valence-corrected chi connectivity index (χ2v) is 5.86. The van der Waals surface area contributed by atoms with Crippen molar-refractivity contribution < 1.29 is 18.1 Å². The van der Waals surface area contributed by atoms with Crippen LogP contribution in [0.2, 0.25) is 0 Å². The summed E-state index contributed by atoms with van der Waals surface area (Å²) in [7, 11) is -2.15. The fourth-order valence-electron chi connectivity index (χ4n) is 1.35. The number of nitrogen functional groups attached to an aromatic ring is 1. The molecule has 1 rings (SSSR count). The number of anilines is 1. The van der Waals surface area contributed by atoms with Crippen LogP contribution in [0.15, 0.2) is 18.2 Å². The lowest BCUT2D eigenvalue weighted by molar-refractivity contribution is -0.383. The fourth-order valence-corrected chi connectivity index (χ4v) is 1.92. The molecule has 1 aromatic rings. The van der Waals surface area contributed by atoms with Crippen molar-refractivity contribution in [1.82, 2.24) is 10.0 Å². The summed E-state index contributed by atoms with van der Waals surface area (Å²) in [5.41, 5.74) is 5.01. The topological polar surface area (TPSA) is 144 Å². The molecule has 0 bridgehead atoms. The maximum absolute atomic E-state index is 11.7. The lowest BCUT2D eigenvalue weighted by atomic mass is 10.1. The summed E-state index contributed by atoms with van der Waals surface area (Å²) in [6.45, 7) is -0.111. The van der Waals surface area contributed by atoms with Crippen LogP contribution in [0.5, 0.6) is 0 Å². The standard InChI is InChI=1S/C10H14N4O5S/c1-12-20(18,19)5-4-13-10(15)7-2-3-8(11)9(6-7)14(16)17/h2-3,6,12H,4-5,11H2,1H3,(H,13,15). The minimum Gasteiger partial charge on any atom is -0.393 e. The van der Waals surface area contributed by atoms with E-state index in [1.54, 1.807) is 0 Å². The van der Waals surface area contributed by atoms with Crippen molar-refractivity contribution in [3.05, 3.63) is 33.9 Å². The number of carbonyl (C=O) groups is 1. The molecular formula is C10H14N4O5S. The van der Waals surface area contributed by atoms with Gasteiger partial charge in [0, 0.05) is 18.2 Å². The van der Waals surface area contributed by atoms with E-state index in [-0.39, 0.29) is 29.2 Å². The average Bonchev–Trinajstić information content (AvgIpc) is 2.38. The van der Waals surface area contributed by atoms with E-state index in [9.17, 15) is 23.3 Å². The zero-order valence-corrected chi connectivity index (χ0v) is 11.4. The maximum Gasteiger partial charge on any atom is 0.292 e. The van der Waals surface area contributed by atoms with Gasteiger partial charge in [-0.05, 0) is 19.2 Å². The minimum atomic E-state index is -3.42. The van der Waals surface area contributed by atoms with Crippen LogP contribution in [-0.2, 0) is 10.0 Å². The third-order valence-corrected chi connectivity index (χ3v) is 3.82. The van der Waals surface area contributed by atoms with E-state index >= 15 is 0 Å². The van der Waals surface area contributed by atoms with Crippen LogP contribution in [0.4, 0.5) is 11.4 Å². The number of nitrogens with two attached hydrogens (primary N) is 1. The van der Waals surface area contributed by atoms with Gasteiger partial charge in [0.25, 0.3) is 11.6 Å². The van der Waals surface area contributed by atoms with E-state index in [1.165, 1.54) is 19.2 Å². The number of hydrogen-bond donors (Lipinski definition) is 3. The van der Waals surface area contributed by atoms with Crippen LogP contribution in [0.3, 0.4) is 0 Å². The Labute approximate surface area is 115 Å². The first-order chi connectivity index (χ1) is 9.26. The van der Waals surface area contributed by atoms with Crippen molar-refractivity contribution in [1.29, 1.82) is 0 Å². The Hall–Kier alpha value is -2.20. The average molecular weight is 302 g/mol. The van der Waals surface area contributed by atoms with E-state index in [1.807, 2.05) is 0 Å². The summed E-state index contributed by atoms with van der Waals surface area (Å²) in [5, 5.41) is 13.0. The normalized spacial score (nSPS) is 11.1. The summed E-state index contributed by atoms with van der Waals surface area (Å²) in [5.74, 6) is -0.897. The number of nitro groups is 1. The Bertz CT molecular complexity index is 629. The predicted octanol–water partition coefficient (Wildman–Crippen LogP) is -0.544. The summed E-state index contributed by atoms with van der Waals surface area (Å²) >= 11 is 0. The first-order valence-corrected chi connectivity index (χ1v) is 7.15. The Balaban J connectivity index is 2.74. The van der Waals surface area contributed by atoms with Crippen molar-refractivity contribution in [2.24, 2.45) is 0 Å². The molecule has 0 saturated heterocycles. The molecular weight excluding hydrogens is 288 g/mol. The summed E-state index contributed by atoms with van der Waals surface area (Å²) < 4.78 is 24.4. The monoisotopic (exact) mass is 302 g/mol. The number of hydrogen-bond acceptors (Lipinski definition) is 6. The van der Waals surface area contributed by atoms with E-state index in [0.717, 1.165) is 6.07 Å². The van der Waals surface area contributed by atoms with Gasteiger partial charge in [0.05, 0.1) is 10.7 Å². The minimum absolute atomic E-state index is 0.0350. The number of carbonyl (C=O) groups excluding carboxylic acids is 1. The number of nitrogens with zero attached hydrogens (tertiary/aromatic N) is 1. The Morgan fingerprint density at radius 3 is 2.65 bits per heavy atom.